The third-order valence-corrected chi connectivity index (χ3v) is 5.39. The van der Waals surface area contributed by atoms with Crippen LogP contribution in [-0.4, -0.2) is 41.4 Å². The molecule has 1 aliphatic heterocycles. The maximum absolute atomic E-state index is 12.5. The standard InChI is InChI=1S/C22H29N2O2/c1-2-22(25)23(20-11-7-4-8-12-20)21-14-17-24(26,18-15-21)16-13-19-9-5-3-6-10-19/h3-12,21,26H,2,13-18H2,1H3/q+1. The van der Waals surface area contributed by atoms with E-state index in [1.54, 1.807) is 0 Å². The van der Waals surface area contributed by atoms with Crippen molar-refractivity contribution in [3.63, 3.8) is 0 Å². The molecule has 138 valence electrons. The van der Waals surface area contributed by atoms with Crippen molar-refractivity contribution in [3.8, 4) is 0 Å². The third-order valence-electron chi connectivity index (χ3n) is 5.39. The molecule has 1 heterocycles. The lowest BCUT2D eigenvalue weighted by atomic mass is 10.0. The molecule has 1 aliphatic rings. The molecule has 26 heavy (non-hydrogen) atoms. The number of carbonyl (C=O) groups is 1. The zero-order valence-electron chi connectivity index (χ0n) is 15.6. The number of para-hydroxylation sites is 1. The third kappa shape index (κ3) is 4.51. The first-order chi connectivity index (χ1) is 12.6. The van der Waals surface area contributed by atoms with Crippen LogP contribution in [-0.2, 0) is 11.2 Å². The molecule has 0 radical (unpaired) electrons. The van der Waals surface area contributed by atoms with Gasteiger partial charge in [-0.2, -0.15) is 4.65 Å². The van der Waals surface area contributed by atoms with Gasteiger partial charge in [-0.25, -0.2) is 5.21 Å². The number of hydrogen-bond acceptors (Lipinski definition) is 2. The monoisotopic (exact) mass is 353 g/mol. The van der Waals surface area contributed by atoms with Crippen molar-refractivity contribution >= 4 is 11.6 Å². The Morgan fingerprint density at radius 1 is 1.04 bits per heavy atom. The predicted octanol–water partition coefficient (Wildman–Crippen LogP) is 4.04. The van der Waals surface area contributed by atoms with E-state index in [-0.39, 0.29) is 16.6 Å². The molecular formula is C22H29N2O2+. The van der Waals surface area contributed by atoms with Crippen LogP contribution < -0.4 is 4.90 Å². The second-order valence-electron chi connectivity index (χ2n) is 7.19. The summed E-state index contributed by atoms with van der Waals surface area (Å²) in [6, 6.07) is 20.4. The molecule has 4 heteroatoms. The molecule has 0 unspecified atom stereocenters. The molecule has 3 rings (SSSR count). The van der Waals surface area contributed by atoms with E-state index in [9.17, 15) is 10.0 Å². The number of carbonyl (C=O) groups excluding carboxylic acids is 1. The molecule has 1 fully saturated rings. The van der Waals surface area contributed by atoms with Gasteiger partial charge in [0.25, 0.3) is 0 Å². The average Bonchev–Trinajstić information content (AvgIpc) is 2.70. The van der Waals surface area contributed by atoms with E-state index in [0.717, 1.165) is 31.5 Å². The van der Waals surface area contributed by atoms with E-state index in [2.05, 4.69) is 12.1 Å². The number of amides is 1. The Kier molecular flexibility index (Phi) is 6.07. The highest BCUT2D eigenvalue weighted by Crippen LogP contribution is 2.27. The minimum atomic E-state index is 0.105. The second kappa shape index (κ2) is 8.47. The summed E-state index contributed by atoms with van der Waals surface area (Å²) in [6.07, 6.45) is 3.02. The highest BCUT2D eigenvalue weighted by molar-refractivity contribution is 5.93. The second-order valence-corrected chi connectivity index (χ2v) is 7.19. The summed E-state index contributed by atoms with van der Waals surface area (Å²) in [4.78, 5) is 14.5. The Balaban J connectivity index is 1.63. The molecule has 1 N–H and O–H groups in total. The summed E-state index contributed by atoms with van der Waals surface area (Å²) in [5, 5.41) is 10.9. The number of anilines is 1. The number of likely N-dealkylation sites (tertiary alicyclic amines) is 1. The van der Waals surface area contributed by atoms with Crippen LogP contribution in [0.15, 0.2) is 60.7 Å². The van der Waals surface area contributed by atoms with Crippen LogP contribution >= 0.6 is 0 Å². The van der Waals surface area contributed by atoms with Gasteiger partial charge in [-0.15, -0.1) is 0 Å². The van der Waals surface area contributed by atoms with E-state index >= 15 is 0 Å². The first-order valence-electron chi connectivity index (χ1n) is 9.61. The fourth-order valence-corrected chi connectivity index (χ4v) is 3.82. The van der Waals surface area contributed by atoms with Crippen molar-refractivity contribution in [2.45, 2.75) is 38.6 Å². The van der Waals surface area contributed by atoms with Gasteiger partial charge in [-0.1, -0.05) is 55.5 Å². The van der Waals surface area contributed by atoms with Crippen LogP contribution in [0.25, 0.3) is 0 Å². The van der Waals surface area contributed by atoms with Crippen molar-refractivity contribution in [2.24, 2.45) is 0 Å². The molecule has 1 saturated heterocycles. The van der Waals surface area contributed by atoms with Gasteiger partial charge in [0, 0.05) is 37.4 Å². The van der Waals surface area contributed by atoms with Gasteiger partial charge in [-0.05, 0) is 17.7 Å². The maximum atomic E-state index is 12.5. The van der Waals surface area contributed by atoms with Crippen molar-refractivity contribution in [1.82, 2.24) is 0 Å². The minimum absolute atomic E-state index is 0.105. The Morgan fingerprint density at radius 2 is 1.62 bits per heavy atom. The number of nitrogens with zero attached hydrogens (tertiary/aromatic N) is 2. The molecule has 0 bridgehead atoms. The fourth-order valence-electron chi connectivity index (χ4n) is 3.82. The summed E-state index contributed by atoms with van der Waals surface area (Å²) in [7, 11) is 0. The Labute approximate surface area is 156 Å². The number of quaternary nitrogens is 1. The lowest BCUT2D eigenvalue weighted by molar-refractivity contribution is -1.10. The van der Waals surface area contributed by atoms with Crippen molar-refractivity contribution in [1.29, 1.82) is 0 Å². The molecule has 0 atom stereocenters. The zero-order chi connectivity index (χ0) is 18.4. The molecule has 1 amide bonds. The van der Waals surface area contributed by atoms with E-state index in [1.165, 1.54) is 5.56 Å². The van der Waals surface area contributed by atoms with Gasteiger partial charge < -0.3 is 4.90 Å². The van der Waals surface area contributed by atoms with Crippen molar-refractivity contribution in [2.75, 3.05) is 24.5 Å². The number of benzene rings is 2. The van der Waals surface area contributed by atoms with E-state index in [4.69, 9.17) is 0 Å². The predicted molar refractivity (Wildman–Crippen MR) is 104 cm³/mol. The SMILES string of the molecule is CCC(=O)N(c1ccccc1)C1CC[N+](O)(CCc2ccccc2)CC1. The molecule has 2 aromatic rings. The van der Waals surface area contributed by atoms with E-state index in [0.29, 0.717) is 19.5 Å². The smallest absolute Gasteiger partial charge is 0.226 e. The summed E-state index contributed by atoms with van der Waals surface area (Å²) in [5.74, 6) is 0.156. The van der Waals surface area contributed by atoms with Crippen LogP contribution in [0.3, 0.4) is 0 Å². The van der Waals surface area contributed by atoms with Crippen LogP contribution in [0, 0.1) is 0 Å². The molecule has 0 aromatic heterocycles. The van der Waals surface area contributed by atoms with Crippen LogP contribution in [0.1, 0.15) is 31.7 Å². The first kappa shape index (κ1) is 18.6. The van der Waals surface area contributed by atoms with Gasteiger partial charge in [0.2, 0.25) is 5.91 Å². The summed E-state index contributed by atoms with van der Waals surface area (Å²) in [5.41, 5.74) is 2.22. The van der Waals surface area contributed by atoms with E-state index < -0.39 is 0 Å². The molecular weight excluding hydrogens is 324 g/mol. The van der Waals surface area contributed by atoms with Crippen LogP contribution in [0.2, 0.25) is 0 Å². The Morgan fingerprint density at radius 3 is 2.19 bits per heavy atom. The molecule has 4 nitrogen and oxygen atoms in total. The molecule has 2 aromatic carbocycles. The maximum Gasteiger partial charge on any atom is 0.226 e. The van der Waals surface area contributed by atoms with Crippen LogP contribution in [0.5, 0.6) is 0 Å². The summed E-state index contributed by atoms with van der Waals surface area (Å²) < 4.78 is 0.105. The summed E-state index contributed by atoms with van der Waals surface area (Å²) in [6.45, 7) is 4.02. The lowest BCUT2D eigenvalue weighted by Gasteiger charge is -2.41. The number of rotatable bonds is 6. The first-order valence-corrected chi connectivity index (χ1v) is 9.61. The van der Waals surface area contributed by atoms with Gasteiger partial charge in [0.05, 0.1) is 0 Å². The average molecular weight is 353 g/mol. The zero-order valence-corrected chi connectivity index (χ0v) is 15.6. The molecule has 0 saturated carbocycles. The van der Waals surface area contributed by atoms with Crippen molar-refractivity contribution in [3.05, 3.63) is 66.2 Å². The van der Waals surface area contributed by atoms with E-state index in [1.807, 2.05) is 60.4 Å². The molecule has 0 aliphatic carbocycles. The highest BCUT2D eigenvalue weighted by Gasteiger charge is 2.36. The largest absolute Gasteiger partial charge is 0.309 e. The van der Waals surface area contributed by atoms with Gasteiger partial charge in [0.1, 0.15) is 19.6 Å². The quantitative estimate of drug-likeness (QED) is 0.796. The van der Waals surface area contributed by atoms with Gasteiger partial charge >= 0.3 is 0 Å². The number of piperidine rings is 1. The van der Waals surface area contributed by atoms with Gasteiger partial charge in [-0.3, -0.25) is 4.79 Å². The summed E-state index contributed by atoms with van der Waals surface area (Å²) >= 11 is 0. The number of hydroxylamine groups is 3. The number of hydrogen-bond donors (Lipinski definition) is 1. The normalized spacial score (nSPS) is 22.8. The Bertz CT molecular complexity index is 695. The molecule has 0 spiro atoms. The minimum Gasteiger partial charge on any atom is -0.309 e. The van der Waals surface area contributed by atoms with Crippen LogP contribution in [0.4, 0.5) is 5.69 Å². The van der Waals surface area contributed by atoms with Crippen molar-refractivity contribution < 1.29 is 14.6 Å². The van der Waals surface area contributed by atoms with Gasteiger partial charge in [0.15, 0.2) is 0 Å². The Hall–Kier alpha value is -2.17. The fraction of sp³-hybridized carbons (Fsp3) is 0.409. The topological polar surface area (TPSA) is 40.5 Å². The lowest BCUT2D eigenvalue weighted by Crippen LogP contribution is -2.56. The highest BCUT2D eigenvalue weighted by atomic mass is 16.5.